The minimum atomic E-state index is -0.458. The van der Waals surface area contributed by atoms with Gasteiger partial charge in [-0.3, -0.25) is 0 Å². The average Bonchev–Trinajstić information content (AvgIpc) is 0.844. The summed E-state index contributed by atoms with van der Waals surface area (Å²) in [5.74, 6) is 5.70. The Morgan fingerprint density at radius 1 is 0.319 bits per heavy atom. The van der Waals surface area contributed by atoms with Gasteiger partial charge in [0.2, 0.25) is 11.5 Å². The van der Waals surface area contributed by atoms with Gasteiger partial charge in [-0.05, 0) is 112 Å². The molecule has 0 saturated heterocycles. The standard InChI is InChI=1S/C22H22O6.C18H22O5.2C15H16O5/c1-24-18-11-15-10-16(22(23)27-4)12-17(19(15)21(26-3)20(18)25-2)28-13-14-8-6-5-7-9-14;1-10(2)16-13-7-11(18(19)23-6)8-14(20-3)12(13)9-15(21-4)17(16)22-5;1-17-11-6-9-5-10(15(16)20-4)7-12(18-2)14(9)13(8-11)19-3;1-17-12-8-10-7-9(15(16)20-4)5-6-11(10)13(18-2)14(12)19-3/h5-12H,13H2,1-4H3;7-10H,1-6H3;2*5-8H,1-4H3. The van der Waals surface area contributed by atoms with Crippen molar-refractivity contribution in [2.45, 2.75) is 26.4 Å². The molecular formula is C70H76O21. The first-order valence-corrected chi connectivity index (χ1v) is 27.9. The van der Waals surface area contributed by atoms with E-state index in [1.807, 2.05) is 42.5 Å². The number of esters is 4. The van der Waals surface area contributed by atoms with E-state index in [0.29, 0.717) is 114 Å². The molecule has 0 aromatic heterocycles. The third kappa shape index (κ3) is 15.4. The SMILES string of the molecule is COC(=O)c1cc(OC)c2c(OC)cc(OC)cc2c1.COC(=O)c1cc(OC)c2cc(OC)c(OC)c(C(C)C)c2c1.COC(=O)c1cc(OCc2ccccc2)c2c(OC)c(OC)c(OC)cc2c1.COC(=O)c1ccc2c(OC)c(OC)c(OC)cc2c1. The van der Waals surface area contributed by atoms with Crippen molar-refractivity contribution in [2.75, 3.05) is 114 Å². The number of carbonyl (C=O) groups is 4. The molecule has 0 atom stereocenters. The summed E-state index contributed by atoms with van der Waals surface area (Å²) in [5.41, 5.74) is 3.64. The summed E-state index contributed by atoms with van der Waals surface area (Å²) in [6, 6.07) is 34.1. The van der Waals surface area contributed by atoms with Crippen LogP contribution in [0.15, 0.2) is 115 Å². The molecule has 0 amide bonds. The van der Waals surface area contributed by atoms with Gasteiger partial charge in [0.15, 0.2) is 34.5 Å². The van der Waals surface area contributed by atoms with Crippen LogP contribution in [0.3, 0.4) is 0 Å². The van der Waals surface area contributed by atoms with Crippen molar-refractivity contribution in [3.63, 3.8) is 0 Å². The third-order valence-electron chi connectivity index (χ3n) is 14.3. The van der Waals surface area contributed by atoms with Gasteiger partial charge in [-0.25, -0.2) is 19.2 Å². The lowest BCUT2D eigenvalue weighted by atomic mass is 9.92. The molecule has 0 fully saturated rings. The number of carbonyl (C=O) groups excluding carboxylic acids is 4. The Morgan fingerprint density at radius 3 is 1.25 bits per heavy atom. The summed E-state index contributed by atoms with van der Waals surface area (Å²) in [5, 5.41) is 6.34. The molecule has 0 N–H and O–H groups in total. The minimum absolute atomic E-state index is 0.167. The number of benzene rings is 9. The van der Waals surface area contributed by atoms with Gasteiger partial charge in [0.25, 0.3) is 0 Å². The maximum Gasteiger partial charge on any atom is 0.338 e. The van der Waals surface area contributed by atoms with Crippen LogP contribution in [-0.2, 0) is 25.6 Å². The molecule has 0 bridgehead atoms. The molecule has 0 heterocycles. The van der Waals surface area contributed by atoms with Crippen molar-refractivity contribution in [3.05, 3.63) is 149 Å². The lowest BCUT2D eigenvalue weighted by Gasteiger charge is -2.20. The van der Waals surface area contributed by atoms with Crippen molar-refractivity contribution in [1.82, 2.24) is 0 Å². The van der Waals surface area contributed by atoms with Gasteiger partial charge in [0.1, 0.15) is 35.4 Å². The summed E-state index contributed by atoms with van der Waals surface area (Å²) in [6.07, 6.45) is 0. The zero-order valence-corrected chi connectivity index (χ0v) is 54.3. The van der Waals surface area contributed by atoms with E-state index >= 15 is 0 Å². The Bertz CT molecular complexity index is 4050. The lowest BCUT2D eigenvalue weighted by Crippen LogP contribution is -2.04. The maximum atomic E-state index is 12.2. The molecule has 0 radical (unpaired) electrons. The van der Waals surface area contributed by atoms with Crippen LogP contribution in [0.1, 0.15) is 72.3 Å². The van der Waals surface area contributed by atoms with Crippen molar-refractivity contribution in [1.29, 1.82) is 0 Å². The van der Waals surface area contributed by atoms with E-state index in [0.717, 1.165) is 43.4 Å². The summed E-state index contributed by atoms with van der Waals surface area (Å²) < 4.78 is 90.2. The number of hydrogen-bond donors (Lipinski definition) is 0. The Morgan fingerprint density at radius 2 is 0.758 bits per heavy atom. The van der Waals surface area contributed by atoms with E-state index in [2.05, 4.69) is 13.8 Å². The molecule has 9 aromatic carbocycles. The number of rotatable bonds is 20. The van der Waals surface area contributed by atoms with Crippen LogP contribution in [0.5, 0.6) is 74.7 Å². The van der Waals surface area contributed by atoms with E-state index in [1.54, 1.807) is 158 Å². The van der Waals surface area contributed by atoms with Crippen molar-refractivity contribution < 1.29 is 99.7 Å². The number of fused-ring (bicyclic) bond motifs is 4. The monoisotopic (exact) mass is 1250 g/mol. The lowest BCUT2D eigenvalue weighted by molar-refractivity contribution is 0.0591. The number of methoxy groups -OCH3 is 16. The van der Waals surface area contributed by atoms with Gasteiger partial charge in [0, 0.05) is 22.4 Å². The molecule has 482 valence electrons. The predicted molar refractivity (Wildman–Crippen MR) is 345 cm³/mol. The highest BCUT2D eigenvalue weighted by atomic mass is 16.6. The van der Waals surface area contributed by atoms with Crippen LogP contribution < -0.4 is 61.6 Å². The van der Waals surface area contributed by atoms with E-state index in [-0.39, 0.29) is 11.9 Å². The van der Waals surface area contributed by atoms with Crippen LogP contribution in [-0.4, -0.2) is 138 Å². The first kappa shape index (κ1) is 69.4. The van der Waals surface area contributed by atoms with Gasteiger partial charge >= 0.3 is 23.9 Å². The Labute approximate surface area is 528 Å². The Kier molecular flexibility index (Phi) is 24.8. The Hall–Kier alpha value is -10.7. The highest BCUT2D eigenvalue weighted by molar-refractivity contribution is 6.05. The second-order valence-corrected chi connectivity index (χ2v) is 19.6. The van der Waals surface area contributed by atoms with Crippen molar-refractivity contribution >= 4 is 67.0 Å². The molecule has 0 aliphatic carbocycles. The topological polar surface area (TPSA) is 225 Å². The fourth-order valence-corrected chi connectivity index (χ4v) is 10.0. The van der Waals surface area contributed by atoms with Crippen LogP contribution >= 0.6 is 0 Å². The predicted octanol–water partition coefficient (Wildman–Crippen LogP) is 13.3. The largest absolute Gasteiger partial charge is 0.497 e. The van der Waals surface area contributed by atoms with Crippen LogP contribution in [0.2, 0.25) is 0 Å². The van der Waals surface area contributed by atoms with Crippen LogP contribution in [0, 0.1) is 0 Å². The van der Waals surface area contributed by atoms with Crippen LogP contribution in [0.4, 0.5) is 0 Å². The number of hydrogen-bond acceptors (Lipinski definition) is 21. The molecule has 0 aliphatic heterocycles. The molecule has 0 saturated carbocycles. The molecule has 91 heavy (non-hydrogen) atoms. The summed E-state index contributed by atoms with van der Waals surface area (Å²) in [6.45, 7) is 4.46. The Balaban J connectivity index is 0.000000195. The van der Waals surface area contributed by atoms with Gasteiger partial charge < -0.3 is 80.5 Å². The normalized spacial score (nSPS) is 10.4. The second-order valence-electron chi connectivity index (χ2n) is 19.6. The molecule has 0 spiro atoms. The van der Waals surface area contributed by atoms with Gasteiger partial charge in [-0.2, -0.15) is 0 Å². The summed E-state index contributed by atoms with van der Waals surface area (Å²) >= 11 is 0. The summed E-state index contributed by atoms with van der Waals surface area (Å²) in [4.78, 5) is 47.4. The molecular weight excluding hydrogens is 1180 g/mol. The van der Waals surface area contributed by atoms with Crippen LogP contribution in [0.25, 0.3) is 43.1 Å². The van der Waals surface area contributed by atoms with Crippen molar-refractivity contribution in [3.8, 4) is 74.7 Å². The average molecular weight is 1250 g/mol. The van der Waals surface area contributed by atoms with Gasteiger partial charge in [0.05, 0.1) is 147 Å². The van der Waals surface area contributed by atoms with E-state index < -0.39 is 17.9 Å². The first-order chi connectivity index (χ1) is 43.9. The quantitative estimate of drug-likeness (QED) is 0.0510. The first-order valence-electron chi connectivity index (χ1n) is 27.9. The molecule has 21 heteroatoms. The molecule has 21 nitrogen and oxygen atoms in total. The maximum absolute atomic E-state index is 12.2. The molecule has 0 unspecified atom stereocenters. The zero-order valence-electron chi connectivity index (χ0n) is 54.3. The highest BCUT2D eigenvalue weighted by Crippen LogP contribution is 2.49. The molecule has 0 aliphatic rings. The van der Waals surface area contributed by atoms with Gasteiger partial charge in [-0.1, -0.05) is 44.2 Å². The summed E-state index contributed by atoms with van der Waals surface area (Å²) in [7, 11) is 24.1. The second kappa shape index (κ2) is 32.5. The zero-order chi connectivity index (χ0) is 66.6. The molecule has 9 aromatic rings. The number of ether oxygens (including phenoxy) is 17. The van der Waals surface area contributed by atoms with E-state index in [1.165, 1.54) is 28.4 Å². The van der Waals surface area contributed by atoms with Crippen molar-refractivity contribution in [2.24, 2.45) is 0 Å². The fourth-order valence-electron chi connectivity index (χ4n) is 10.0. The fraction of sp³-hybridized carbons (Fsp3) is 0.286. The van der Waals surface area contributed by atoms with E-state index in [9.17, 15) is 19.2 Å². The molecule has 9 rings (SSSR count). The highest BCUT2D eigenvalue weighted by Gasteiger charge is 2.25. The third-order valence-corrected chi connectivity index (χ3v) is 14.3. The smallest absolute Gasteiger partial charge is 0.338 e. The minimum Gasteiger partial charge on any atom is -0.497 e. The van der Waals surface area contributed by atoms with Gasteiger partial charge in [-0.15, -0.1) is 0 Å². The van der Waals surface area contributed by atoms with E-state index in [4.69, 9.17) is 80.5 Å².